The quantitative estimate of drug-likeness (QED) is 0.812. The minimum atomic E-state index is -0.201. The van der Waals surface area contributed by atoms with Crippen LogP contribution in [0.4, 0.5) is 0 Å². The lowest BCUT2D eigenvalue weighted by molar-refractivity contribution is -0.142. The van der Waals surface area contributed by atoms with E-state index in [4.69, 9.17) is 10.5 Å². The number of carbonyl (C=O) groups is 1. The van der Waals surface area contributed by atoms with Crippen LogP contribution in [-0.4, -0.2) is 53.7 Å². The van der Waals surface area contributed by atoms with Crippen LogP contribution in [0, 0.1) is 0 Å². The van der Waals surface area contributed by atoms with Crippen molar-refractivity contribution >= 4 is 5.91 Å². The average Bonchev–Trinajstić information content (AvgIpc) is 2.20. The third kappa shape index (κ3) is 5.77. The van der Waals surface area contributed by atoms with Gasteiger partial charge in [0, 0.05) is 37.6 Å². The topological polar surface area (TPSA) is 67.6 Å². The zero-order chi connectivity index (χ0) is 15.6. The second-order valence-electron chi connectivity index (χ2n) is 7.51. The van der Waals surface area contributed by atoms with E-state index >= 15 is 0 Å². The van der Waals surface area contributed by atoms with Crippen LogP contribution in [0.1, 0.15) is 48.0 Å². The summed E-state index contributed by atoms with van der Waals surface area (Å²) in [5.74, 6) is 0.0601. The third-order valence-corrected chi connectivity index (χ3v) is 3.32. The predicted molar refractivity (Wildman–Crippen MR) is 81.6 cm³/mol. The number of carbonyl (C=O) groups excluding carboxylic acids is 1. The predicted octanol–water partition coefficient (Wildman–Crippen LogP) is 1.12. The molecule has 1 amide bonds. The molecule has 2 unspecified atom stereocenters. The van der Waals surface area contributed by atoms with E-state index in [0.717, 1.165) is 13.1 Å². The van der Waals surface area contributed by atoms with Gasteiger partial charge in [0.15, 0.2) is 0 Å². The molecule has 1 aliphatic heterocycles. The molecule has 0 radical (unpaired) electrons. The number of hydrogen-bond donors (Lipinski definition) is 2. The Morgan fingerprint density at radius 2 is 2.10 bits per heavy atom. The lowest BCUT2D eigenvalue weighted by Gasteiger charge is -2.45. The zero-order valence-electron chi connectivity index (χ0n) is 13.8. The molecule has 0 bridgehead atoms. The van der Waals surface area contributed by atoms with Crippen LogP contribution in [0.15, 0.2) is 0 Å². The molecule has 1 aliphatic rings. The summed E-state index contributed by atoms with van der Waals surface area (Å²) in [5, 5.41) is 3.00. The molecule has 0 saturated carbocycles. The Bertz CT molecular complexity index is 337. The Hall–Kier alpha value is -0.650. The fourth-order valence-corrected chi connectivity index (χ4v) is 2.83. The maximum atomic E-state index is 12.1. The molecule has 0 aliphatic carbocycles. The Morgan fingerprint density at radius 1 is 1.50 bits per heavy atom. The Kier molecular flexibility index (Phi) is 5.58. The van der Waals surface area contributed by atoms with Crippen molar-refractivity contribution in [2.75, 3.05) is 19.6 Å². The molecule has 0 spiro atoms. The van der Waals surface area contributed by atoms with Crippen LogP contribution in [0.25, 0.3) is 0 Å². The number of ether oxygens (including phenoxy) is 1. The highest BCUT2D eigenvalue weighted by atomic mass is 16.5. The normalized spacial score (nSPS) is 25.2. The van der Waals surface area contributed by atoms with E-state index in [0.29, 0.717) is 13.0 Å². The number of rotatable bonds is 4. The Morgan fingerprint density at radius 3 is 2.55 bits per heavy atom. The van der Waals surface area contributed by atoms with E-state index in [9.17, 15) is 4.79 Å². The molecule has 5 heteroatoms. The number of hydrogen-bond acceptors (Lipinski definition) is 4. The molecule has 1 saturated heterocycles. The smallest absolute Gasteiger partial charge is 0.222 e. The van der Waals surface area contributed by atoms with Crippen molar-refractivity contribution in [3.05, 3.63) is 0 Å². The van der Waals surface area contributed by atoms with E-state index in [-0.39, 0.29) is 29.2 Å². The van der Waals surface area contributed by atoms with Gasteiger partial charge < -0.3 is 15.8 Å². The summed E-state index contributed by atoms with van der Waals surface area (Å²) in [5.41, 5.74) is 5.50. The van der Waals surface area contributed by atoms with Crippen molar-refractivity contribution in [3.8, 4) is 0 Å². The minimum Gasteiger partial charge on any atom is -0.370 e. The van der Waals surface area contributed by atoms with Gasteiger partial charge in [-0.25, -0.2) is 0 Å². The molecule has 0 aromatic carbocycles. The summed E-state index contributed by atoms with van der Waals surface area (Å²) in [6.07, 6.45) is 0.606. The molecular formula is C15H31N3O2. The van der Waals surface area contributed by atoms with Crippen LogP contribution in [0.3, 0.4) is 0 Å². The molecule has 0 aromatic rings. The number of nitrogens with two attached hydrogens (primary N) is 1. The van der Waals surface area contributed by atoms with Crippen molar-refractivity contribution in [1.29, 1.82) is 0 Å². The summed E-state index contributed by atoms with van der Waals surface area (Å²) in [6.45, 7) is 14.3. The van der Waals surface area contributed by atoms with E-state index in [1.807, 2.05) is 20.8 Å². The number of nitrogens with one attached hydrogen (secondary N) is 1. The fourth-order valence-electron chi connectivity index (χ4n) is 2.83. The molecule has 1 rings (SSSR count). The molecule has 1 fully saturated rings. The highest BCUT2D eigenvalue weighted by Crippen LogP contribution is 2.23. The number of morpholine rings is 1. The summed E-state index contributed by atoms with van der Waals surface area (Å²) < 4.78 is 5.90. The number of amides is 1. The molecule has 20 heavy (non-hydrogen) atoms. The molecule has 2 atom stereocenters. The van der Waals surface area contributed by atoms with Gasteiger partial charge in [-0.2, -0.15) is 0 Å². The second kappa shape index (κ2) is 6.41. The van der Waals surface area contributed by atoms with Gasteiger partial charge in [-0.05, 0) is 41.5 Å². The summed E-state index contributed by atoms with van der Waals surface area (Å²) in [7, 11) is 0. The van der Waals surface area contributed by atoms with E-state index < -0.39 is 0 Å². The van der Waals surface area contributed by atoms with Crippen molar-refractivity contribution in [2.24, 2.45) is 5.73 Å². The van der Waals surface area contributed by atoms with Crippen molar-refractivity contribution in [1.82, 2.24) is 10.2 Å². The standard InChI is InChI=1S/C15H31N3O2/c1-11-9-18(10-15(5,6)20-11)12(8-16)7-13(19)17-14(2,3)4/h11-12H,7-10,16H2,1-6H3,(H,17,19). The fraction of sp³-hybridized carbons (Fsp3) is 0.933. The Balaban J connectivity index is 2.64. The van der Waals surface area contributed by atoms with Gasteiger partial charge in [0.05, 0.1) is 11.7 Å². The summed E-state index contributed by atoms with van der Waals surface area (Å²) in [6, 6.07) is 0.0722. The maximum Gasteiger partial charge on any atom is 0.222 e. The first-order valence-electron chi connectivity index (χ1n) is 7.45. The average molecular weight is 285 g/mol. The molecule has 0 aromatic heterocycles. The van der Waals surface area contributed by atoms with E-state index in [1.165, 1.54) is 0 Å². The SMILES string of the molecule is CC1CN(C(CN)CC(=O)NC(C)(C)C)CC(C)(C)O1. The van der Waals surface area contributed by atoms with E-state index in [1.54, 1.807) is 0 Å². The van der Waals surface area contributed by atoms with Gasteiger partial charge in [0.2, 0.25) is 5.91 Å². The first kappa shape index (κ1) is 17.4. The highest BCUT2D eigenvalue weighted by Gasteiger charge is 2.35. The van der Waals surface area contributed by atoms with Crippen molar-refractivity contribution < 1.29 is 9.53 Å². The van der Waals surface area contributed by atoms with Gasteiger partial charge in [-0.1, -0.05) is 0 Å². The lowest BCUT2D eigenvalue weighted by Crippen LogP contribution is -2.57. The molecule has 3 N–H and O–H groups in total. The Labute approximate surface area is 123 Å². The first-order chi connectivity index (χ1) is 9.02. The summed E-state index contributed by atoms with van der Waals surface area (Å²) >= 11 is 0. The van der Waals surface area contributed by atoms with Crippen molar-refractivity contribution in [2.45, 2.75) is 71.2 Å². The molecule has 5 nitrogen and oxygen atoms in total. The van der Waals surface area contributed by atoms with Crippen LogP contribution in [0.5, 0.6) is 0 Å². The van der Waals surface area contributed by atoms with Gasteiger partial charge in [-0.3, -0.25) is 9.69 Å². The van der Waals surface area contributed by atoms with E-state index in [2.05, 4.69) is 31.0 Å². The largest absolute Gasteiger partial charge is 0.370 e. The van der Waals surface area contributed by atoms with Gasteiger partial charge in [0.1, 0.15) is 0 Å². The second-order valence-corrected chi connectivity index (χ2v) is 7.51. The molecule has 118 valence electrons. The summed E-state index contributed by atoms with van der Waals surface area (Å²) in [4.78, 5) is 14.4. The van der Waals surface area contributed by atoms with Gasteiger partial charge in [0.25, 0.3) is 0 Å². The van der Waals surface area contributed by atoms with Gasteiger partial charge in [-0.15, -0.1) is 0 Å². The monoisotopic (exact) mass is 285 g/mol. The molecule has 1 heterocycles. The maximum absolute atomic E-state index is 12.1. The van der Waals surface area contributed by atoms with Crippen LogP contribution in [0.2, 0.25) is 0 Å². The van der Waals surface area contributed by atoms with Crippen molar-refractivity contribution in [3.63, 3.8) is 0 Å². The minimum absolute atomic E-state index is 0.0601. The van der Waals surface area contributed by atoms with Crippen LogP contribution >= 0.6 is 0 Å². The number of nitrogens with zero attached hydrogens (tertiary/aromatic N) is 1. The lowest BCUT2D eigenvalue weighted by atomic mass is 10.0. The third-order valence-electron chi connectivity index (χ3n) is 3.32. The zero-order valence-corrected chi connectivity index (χ0v) is 13.8. The highest BCUT2D eigenvalue weighted by molar-refractivity contribution is 5.77. The van der Waals surface area contributed by atoms with Gasteiger partial charge >= 0.3 is 0 Å². The van der Waals surface area contributed by atoms with Crippen LogP contribution in [-0.2, 0) is 9.53 Å². The molecular weight excluding hydrogens is 254 g/mol. The first-order valence-corrected chi connectivity index (χ1v) is 7.45. The van der Waals surface area contributed by atoms with Crippen LogP contribution < -0.4 is 11.1 Å².